The molecule has 0 spiro atoms. The zero-order valence-corrected chi connectivity index (χ0v) is 48.6. The second kappa shape index (κ2) is 27.0. The number of carbonyl (C=O) groups excluding carboxylic acids is 8. The number of amides is 8. The summed E-state index contributed by atoms with van der Waals surface area (Å²) in [5, 5.41) is 24.1. The van der Waals surface area contributed by atoms with Crippen LogP contribution < -0.4 is 42.5 Å². The second-order valence-corrected chi connectivity index (χ2v) is 23.6. The summed E-state index contributed by atoms with van der Waals surface area (Å²) in [5.41, 5.74) is 1.96. The number of nitrogens with zero attached hydrogens (tertiary/aromatic N) is 2. The monoisotopic (exact) mass is 1120 g/mol. The fraction of sp³-hybridized carbons (Fsp3) is 0.406. The molecule has 2 aliphatic rings. The lowest BCUT2D eigenvalue weighted by atomic mass is 9.85. The van der Waals surface area contributed by atoms with Gasteiger partial charge in [-0.15, -0.1) is 0 Å². The molecular weight excluding hydrogens is 1040 g/mol. The van der Waals surface area contributed by atoms with E-state index in [4.69, 9.17) is 0 Å². The standard InChI is InChI=1S/C64H80N10O8/c1-39(65-9)55(75)71-53(63(3,4)5)61(81)73-37-47(35-49(73)59(79)69-51(41-24-15-11-16-25-41)42-26-17-12-18-27-42)67-57(77)45-32-23-33-46(34-45)58(78)68-48-36-50(74(38-48)62(82)54(64(6,7)8)72-56(76)40(2)66-10)60(80)70-52(43-28-19-13-20-29-43)44-30-21-14-22-31-44/h11-34,39-40,47-54,65-66H,35-38H2,1-10H3,(H,67,77)(H,68,78)(H,69,79)(H,70,80)(H,71,75)(H,72,76)/t39-,40-,47-,48-,49-,50?,53-,54-/m0/s1. The van der Waals surface area contributed by atoms with Crippen LogP contribution in [0.25, 0.3) is 0 Å². The molecule has 0 bridgehead atoms. The van der Waals surface area contributed by atoms with Crippen molar-refractivity contribution < 1.29 is 38.4 Å². The SMILES string of the molecule is CN[C@@H](C)C(=O)N[C@@H](C(=O)N1C[C@@H](NC(=O)c2cccc(C(=O)N[C@H]3C[C@@H](C(=O)NC(c4ccccc4)c4ccccc4)N(C(=O)[C@H](NC(=O)[C@H](C)NC)C(C)(C)C)C3)c2)CC1C(=O)NC(c1ccccc1)c1ccccc1)C(C)(C)C. The lowest BCUT2D eigenvalue weighted by molar-refractivity contribution is -0.144. The van der Waals surface area contributed by atoms with Crippen molar-refractivity contribution in [3.63, 3.8) is 0 Å². The van der Waals surface area contributed by atoms with Crippen molar-refractivity contribution in [1.82, 2.24) is 52.3 Å². The smallest absolute Gasteiger partial charge is 0.251 e. The van der Waals surface area contributed by atoms with Crippen LogP contribution in [0, 0.1) is 10.8 Å². The summed E-state index contributed by atoms with van der Waals surface area (Å²) in [6.45, 7) is 14.2. The van der Waals surface area contributed by atoms with Crippen molar-refractivity contribution in [2.75, 3.05) is 27.2 Å². The van der Waals surface area contributed by atoms with E-state index in [9.17, 15) is 38.4 Å². The highest BCUT2D eigenvalue weighted by atomic mass is 16.2. The van der Waals surface area contributed by atoms with Gasteiger partial charge in [-0.05, 0) is 92.1 Å². The van der Waals surface area contributed by atoms with E-state index in [-0.39, 0.29) is 37.1 Å². The molecule has 1 unspecified atom stereocenters. The predicted octanol–water partition coefficient (Wildman–Crippen LogP) is 5.17. The first-order chi connectivity index (χ1) is 39.0. The Kier molecular flexibility index (Phi) is 20.2. The van der Waals surface area contributed by atoms with Gasteiger partial charge in [-0.3, -0.25) is 38.4 Å². The minimum atomic E-state index is -1.06. The molecule has 7 rings (SSSR count). The Hall–Kier alpha value is -8.22. The number of hydrogen-bond acceptors (Lipinski definition) is 10. The van der Waals surface area contributed by atoms with Crippen molar-refractivity contribution in [2.24, 2.45) is 10.8 Å². The van der Waals surface area contributed by atoms with E-state index in [1.165, 1.54) is 15.9 Å². The lowest BCUT2D eigenvalue weighted by Gasteiger charge is -2.36. The van der Waals surface area contributed by atoms with Crippen LogP contribution in [0.4, 0.5) is 0 Å². The molecule has 0 aliphatic carbocycles. The van der Waals surface area contributed by atoms with Gasteiger partial charge >= 0.3 is 0 Å². The normalized spacial score (nSPS) is 18.6. The summed E-state index contributed by atoms with van der Waals surface area (Å²) in [6.07, 6.45) is 0.0732. The Morgan fingerprint density at radius 2 is 0.744 bits per heavy atom. The van der Waals surface area contributed by atoms with Gasteiger partial charge in [0.15, 0.2) is 0 Å². The molecule has 0 saturated carbocycles. The Bertz CT molecular complexity index is 2760. The number of likely N-dealkylation sites (N-methyl/N-ethyl adjacent to an activating group) is 2. The first-order valence-electron chi connectivity index (χ1n) is 28.1. The van der Waals surface area contributed by atoms with Crippen LogP contribution in [0.3, 0.4) is 0 Å². The van der Waals surface area contributed by atoms with Crippen LogP contribution in [0.15, 0.2) is 146 Å². The van der Waals surface area contributed by atoms with Gasteiger partial charge in [0.2, 0.25) is 35.4 Å². The molecule has 2 fully saturated rings. The molecular formula is C64H80N10O8. The summed E-state index contributed by atoms with van der Waals surface area (Å²) in [5.74, 6) is -3.80. The Morgan fingerprint density at radius 3 is 1.02 bits per heavy atom. The number of rotatable bonds is 20. The van der Waals surface area contributed by atoms with Crippen LogP contribution in [0.2, 0.25) is 0 Å². The maximum absolute atomic E-state index is 14.9. The first kappa shape index (κ1) is 61.4. The van der Waals surface area contributed by atoms with Gasteiger partial charge in [0.25, 0.3) is 11.8 Å². The zero-order valence-electron chi connectivity index (χ0n) is 48.6. The number of carbonyl (C=O) groups is 8. The predicted molar refractivity (Wildman–Crippen MR) is 315 cm³/mol. The van der Waals surface area contributed by atoms with E-state index in [0.29, 0.717) is 0 Å². The molecule has 82 heavy (non-hydrogen) atoms. The molecule has 18 heteroatoms. The molecule has 0 aromatic heterocycles. The van der Waals surface area contributed by atoms with Crippen LogP contribution in [0.5, 0.6) is 0 Å². The molecule has 5 aromatic rings. The zero-order chi connectivity index (χ0) is 59.5. The van der Waals surface area contributed by atoms with E-state index < -0.39 is 119 Å². The minimum absolute atomic E-state index is 0.0366. The number of hydrogen-bond donors (Lipinski definition) is 8. The Balaban J connectivity index is 1.13. The Labute approximate surface area is 481 Å². The Morgan fingerprint density at radius 1 is 0.439 bits per heavy atom. The van der Waals surface area contributed by atoms with Gasteiger partial charge in [-0.1, -0.05) is 169 Å². The second-order valence-electron chi connectivity index (χ2n) is 23.6. The van der Waals surface area contributed by atoms with Gasteiger partial charge in [0.05, 0.1) is 24.2 Å². The average molecular weight is 1120 g/mol. The third kappa shape index (κ3) is 15.2. The molecule has 8 N–H and O–H groups in total. The van der Waals surface area contributed by atoms with Gasteiger partial charge in [0, 0.05) is 36.3 Å². The van der Waals surface area contributed by atoms with E-state index in [0.717, 1.165) is 22.3 Å². The highest BCUT2D eigenvalue weighted by Gasteiger charge is 2.48. The number of nitrogens with one attached hydrogen (secondary N) is 8. The van der Waals surface area contributed by atoms with E-state index in [1.807, 2.05) is 163 Å². The van der Waals surface area contributed by atoms with Gasteiger partial charge < -0.3 is 52.3 Å². The highest BCUT2D eigenvalue weighted by molar-refractivity contribution is 6.01. The van der Waals surface area contributed by atoms with Crippen molar-refractivity contribution >= 4 is 47.3 Å². The molecule has 0 radical (unpaired) electrons. The fourth-order valence-electron chi connectivity index (χ4n) is 10.4. The van der Waals surface area contributed by atoms with E-state index in [1.54, 1.807) is 46.1 Å². The number of likely N-dealkylation sites (tertiary alicyclic amines) is 2. The fourth-order valence-corrected chi connectivity index (χ4v) is 10.4. The quantitative estimate of drug-likeness (QED) is 0.0509. The summed E-state index contributed by atoms with van der Waals surface area (Å²) < 4.78 is 0. The van der Waals surface area contributed by atoms with Crippen molar-refractivity contribution in [2.45, 2.75) is 129 Å². The van der Waals surface area contributed by atoms with Crippen molar-refractivity contribution in [3.8, 4) is 0 Å². The molecule has 2 aliphatic heterocycles. The van der Waals surface area contributed by atoms with Gasteiger partial charge in [0.1, 0.15) is 24.2 Å². The van der Waals surface area contributed by atoms with Crippen LogP contribution in [-0.4, -0.2) is 133 Å². The van der Waals surface area contributed by atoms with Crippen LogP contribution in [0.1, 0.15) is 123 Å². The molecule has 434 valence electrons. The summed E-state index contributed by atoms with van der Waals surface area (Å²) >= 11 is 0. The number of benzene rings is 5. The summed E-state index contributed by atoms with van der Waals surface area (Å²) in [4.78, 5) is 117. The average Bonchev–Trinajstić information content (AvgIpc) is 4.33. The van der Waals surface area contributed by atoms with Crippen molar-refractivity contribution in [1.29, 1.82) is 0 Å². The molecule has 18 nitrogen and oxygen atoms in total. The maximum atomic E-state index is 14.9. The van der Waals surface area contributed by atoms with Gasteiger partial charge in [-0.2, -0.15) is 0 Å². The van der Waals surface area contributed by atoms with Gasteiger partial charge in [-0.25, -0.2) is 0 Å². The van der Waals surface area contributed by atoms with Crippen LogP contribution in [-0.2, 0) is 28.8 Å². The lowest BCUT2D eigenvalue weighted by Crippen LogP contribution is -2.59. The van der Waals surface area contributed by atoms with Crippen molar-refractivity contribution in [3.05, 3.63) is 179 Å². The molecule has 8 atom stereocenters. The molecule has 8 amide bonds. The molecule has 5 aromatic carbocycles. The maximum Gasteiger partial charge on any atom is 0.251 e. The van der Waals surface area contributed by atoms with E-state index in [2.05, 4.69) is 42.5 Å². The highest BCUT2D eigenvalue weighted by Crippen LogP contribution is 2.31. The minimum Gasteiger partial charge on any atom is -0.347 e. The van der Waals surface area contributed by atoms with Crippen LogP contribution >= 0.6 is 0 Å². The summed E-state index contributed by atoms with van der Waals surface area (Å²) in [7, 11) is 3.29. The third-order valence-corrected chi connectivity index (χ3v) is 15.4. The van der Waals surface area contributed by atoms with E-state index >= 15 is 0 Å². The third-order valence-electron chi connectivity index (χ3n) is 15.4. The summed E-state index contributed by atoms with van der Waals surface area (Å²) in [6, 6.07) is 35.9. The largest absolute Gasteiger partial charge is 0.347 e. The molecule has 2 heterocycles. The topological polar surface area (TPSA) is 239 Å². The molecule has 2 saturated heterocycles. The first-order valence-corrected chi connectivity index (χ1v) is 28.1.